The van der Waals surface area contributed by atoms with E-state index in [0.717, 1.165) is 13.0 Å². The van der Waals surface area contributed by atoms with E-state index in [-0.39, 0.29) is 5.75 Å². The second-order valence-corrected chi connectivity index (χ2v) is 7.60. The van der Waals surface area contributed by atoms with Gasteiger partial charge < -0.3 is 5.32 Å². The van der Waals surface area contributed by atoms with E-state index in [0.29, 0.717) is 31.1 Å². The lowest BCUT2D eigenvalue weighted by Crippen LogP contribution is -2.44. The van der Waals surface area contributed by atoms with E-state index < -0.39 is 20.8 Å². The summed E-state index contributed by atoms with van der Waals surface area (Å²) in [5.41, 5.74) is 0. The molecule has 0 amide bonds. The molecule has 96 valence electrons. The summed E-state index contributed by atoms with van der Waals surface area (Å²) >= 11 is 0. The lowest BCUT2D eigenvalue weighted by atomic mass is 10.5. The molecule has 0 radical (unpaired) electrons. The van der Waals surface area contributed by atoms with E-state index in [2.05, 4.69) is 5.32 Å². The van der Waals surface area contributed by atoms with Crippen molar-refractivity contribution in [2.45, 2.75) is 13.3 Å². The summed E-state index contributed by atoms with van der Waals surface area (Å²) in [6, 6.07) is 0. The van der Waals surface area contributed by atoms with Crippen molar-refractivity contribution in [1.29, 1.82) is 0 Å². The third-order valence-electron chi connectivity index (χ3n) is 2.49. The fourth-order valence-electron chi connectivity index (χ4n) is 1.53. The van der Waals surface area contributed by atoms with E-state index >= 15 is 0 Å². The summed E-state index contributed by atoms with van der Waals surface area (Å²) in [5.74, 6) is 1.09. The molecule has 1 saturated heterocycles. The first-order chi connectivity index (χ1) is 7.56. The van der Waals surface area contributed by atoms with Gasteiger partial charge in [-0.2, -0.15) is 0 Å². The molecule has 0 aromatic heterocycles. The molecule has 0 atom stereocenters. The summed E-state index contributed by atoms with van der Waals surface area (Å²) in [6.45, 7) is 4.20. The minimum absolute atomic E-state index is 0.139. The lowest BCUT2D eigenvalue weighted by Gasteiger charge is -2.25. The van der Waals surface area contributed by atoms with Gasteiger partial charge in [-0.05, 0) is 13.0 Å². The monoisotopic (exact) mass is 268 g/mol. The smallest absolute Gasteiger partial charge is 0.215 e. The molecule has 5 nitrogen and oxygen atoms in total. The Bertz CT molecular complexity index is 320. The summed E-state index contributed by atoms with van der Waals surface area (Å²) < 4.78 is 36.3. The van der Waals surface area contributed by atoms with E-state index in [4.69, 9.17) is 0 Å². The highest BCUT2D eigenvalue weighted by Gasteiger charge is 2.25. The molecule has 1 rings (SSSR count). The van der Waals surface area contributed by atoms with Crippen LogP contribution < -0.4 is 5.32 Å². The van der Waals surface area contributed by atoms with Gasteiger partial charge in [-0.15, -0.1) is 0 Å². The van der Waals surface area contributed by atoms with Gasteiger partial charge in [0, 0.05) is 41.9 Å². The first kappa shape index (κ1) is 14.1. The third-order valence-corrected chi connectivity index (χ3v) is 5.64. The van der Waals surface area contributed by atoms with Gasteiger partial charge in [0.1, 0.15) is 0 Å². The Morgan fingerprint density at radius 1 is 1.25 bits per heavy atom. The van der Waals surface area contributed by atoms with Crippen molar-refractivity contribution in [3.63, 3.8) is 0 Å². The van der Waals surface area contributed by atoms with Crippen molar-refractivity contribution in [3.8, 4) is 0 Å². The van der Waals surface area contributed by atoms with Crippen molar-refractivity contribution < 1.29 is 12.6 Å². The molecule has 0 spiro atoms. The Kier molecular flexibility index (Phi) is 5.88. The highest BCUT2D eigenvalue weighted by atomic mass is 32.2. The molecule has 0 aromatic carbocycles. The molecule has 7 heteroatoms. The number of rotatable bonds is 6. The Labute approximate surface area is 100 Å². The zero-order chi connectivity index (χ0) is 12.0. The van der Waals surface area contributed by atoms with Crippen molar-refractivity contribution >= 4 is 20.8 Å². The second-order valence-electron chi connectivity index (χ2n) is 3.81. The maximum atomic E-state index is 11.8. The van der Waals surface area contributed by atoms with Crippen molar-refractivity contribution in [2.75, 3.05) is 43.4 Å². The lowest BCUT2D eigenvalue weighted by molar-refractivity contribution is 0.437. The highest BCUT2D eigenvalue weighted by Crippen LogP contribution is 2.06. The molecule has 0 unspecified atom stereocenters. The maximum absolute atomic E-state index is 11.8. The summed E-state index contributed by atoms with van der Waals surface area (Å²) in [5, 5.41) is 3.07. The van der Waals surface area contributed by atoms with Gasteiger partial charge in [-0.1, -0.05) is 6.92 Å². The minimum atomic E-state index is -3.15. The highest BCUT2D eigenvalue weighted by molar-refractivity contribution is 7.89. The van der Waals surface area contributed by atoms with Crippen LogP contribution in [-0.2, 0) is 20.8 Å². The van der Waals surface area contributed by atoms with Crippen molar-refractivity contribution in [2.24, 2.45) is 0 Å². The number of nitrogens with zero attached hydrogens (tertiary/aromatic N) is 1. The Morgan fingerprint density at radius 3 is 2.44 bits per heavy atom. The van der Waals surface area contributed by atoms with Gasteiger partial charge in [0.15, 0.2) is 0 Å². The molecule has 0 saturated carbocycles. The molecule has 1 aliphatic heterocycles. The maximum Gasteiger partial charge on any atom is 0.215 e. The van der Waals surface area contributed by atoms with Crippen molar-refractivity contribution in [1.82, 2.24) is 9.62 Å². The van der Waals surface area contributed by atoms with Crippen LogP contribution in [0.3, 0.4) is 0 Å². The molecular weight excluding hydrogens is 248 g/mol. The molecule has 0 aliphatic carbocycles. The zero-order valence-electron chi connectivity index (χ0n) is 9.65. The summed E-state index contributed by atoms with van der Waals surface area (Å²) in [6.07, 6.45) is 1.00. The van der Waals surface area contributed by atoms with Crippen LogP contribution in [0.25, 0.3) is 0 Å². The molecule has 0 aromatic rings. The summed E-state index contributed by atoms with van der Waals surface area (Å²) in [7, 11) is -3.98. The fraction of sp³-hybridized carbons (Fsp3) is 1.00. The van der Waals surface area contributed by atoms with Crippen molar-refractivity contribution in [3.05, 3.63) is 0 Å². The molecule has 1 N–H and O–H groups in total. The first-order valence-electron chi connectivity index (χ1n) is 5.60. The van der Waals surface area contributed by atoms with E-state index in [1.807, 2.05) is 6.92 Å². The first-order valence-corrected chi connectivity index (χ1v) is 8.69. The normalized spacial score (nSPS) is 20.1. The zero-order valence-corrected chi connectivity index (χ0v) is 11.3. The van der Waals surface area contributed by atoms with Gasteiger partial charge in [0.2, 0.25) is 10.0 Å². The van der Waals surface area contributed by atoms with Gasteiger partial charge in [0.25, 0.3) is 0 Å². The number of sulfonamides is 1. The standard InChI is InChI=1S/C9H20N2O3S2/c1-2-3-10-4-9-16(13,14)11-5-7-15(12)8-6-11/h10H,2-9H2,1H3. The van der Waals surface area contributed by atoms with Crippen LogP contribution >= 0.6 is 0 Å². The molecule has 16 heavy (non-hydrogen) atoms. The minimum Gasteiger partial charge on any atom is -0.316 e. The third kappa shape index (κ3) is 4.48. The molecular formula is C9H20N2O3S2. The van der Waals surface area contributed by atoms with Gasteiger partial charge in [-0.25, -0.2) is 12.7 Å². The quantitative estimate of drug-likeness (QED) is 0.652. The average Bonchev–Trinajstić information content (AvgIpc) is 2.25. The van der Waals surface area contributed by atoms with Crippen LogP contribution in [0.4, 0.5) is 0 Å². The van der Waals surface area contributed by atoms with Crippen LogP contribution in [-0.4, -0.2) is 60.4 Å². The average molecular weight is 268 g/mol. The molecule has 1 fully saturated rings. The second kappa shape index (κ2) is 6.68. The van der Waals surface area contributed by atoms with Crippen LogP contribution in [0, 0.1) is 0 Å². The molecule has 1 aliphatic rings. The van der Waals surface area contributed by atoms with Gasteiger partial charge in [0.05, 0.1) is 5.75 Å². The van der Waals surface area contributed by atoms with E-state index in [1.165, 1.54) is 4.31 Å². The van der Waals surface area contributed by atoms with Gasteiger partial charge >= 0.3 is 0 Å². The van der Waals surface area contributed by atoms with E-state index in [1.54, 1.807) is 0 Å². The SMILES string of the molecule is CCCNCCS(=O)(=O)N1CCS(=O)CC1. The topological polar surface area (TPSA) is 66.5 Å². The van der Waals surface area contributed by atoms with Crippen LogP contribution in [0.2, 0.25) is 0 Å². The van der Waals surface area contributed by atoms with E-state index in [9.17, 15) is 12.6 Å². The van der Waals surface area contributed by atoms with Crippen LogP contribution in [0.1, 0.15) is 13.3 Å². The Hall–Kier alpha value is 0.0200. The molecule has 1 heterocycles. The largest absolute Gasteiger partial charge is 0.316 e. The molecule has 0 bridgehead atoms. The Balaban J connectivity index is 2.35. The van der Waals surface area contributed by atoms with Gasteiger partial charge in [-0.3, -0.25) is 4.21 Å². The number of hydrogen-bond acceptors (Lipinski definition) is 4. The number of nitrogens with one attached hydrogen (secondary N) is 1. The predicted octanol–water partition coefficient (Wildman–Crippen LogP) is -0.620. The Morgan fingerprint density at radius 2 is 1.88 bits per heavy atom. The fourth-order valence-corrected chi connectivity index (χ4v) is 4.21. The number of hydrogen-bond donors (Lipinski definition) is 1. The van der Waals surface area contributed by atoms with Crippen LogP contribution in [0.5, 0.6) is 0 Å². The van der Waals surface area contributed by atoms with Crippen LogP contribution in [0.15, 0.2) is 0 Å². The summed E-state index contributed by atoms with van der Waals surface area (Å²) in [4.78, 5) is 0. The predicted molar refractivity (Wildman–Crippen MR) is 66.4 cm³/mol.